The van der Waals surface area contributed by atoms with Crippen LogP contribution in [-0.2, 0) is 23.9 Å². The van der Waals surface area contributed by atoms with Crippen molar-refractivity contribution in [3.8, 4) is 17.1 Å². The van der Waals surface area contributed by atoms with Crippen molar-refractivity contribution in [1.29, 1.82) is 0 Å². The molecule has 0 unspecified atom stereocenters. The quantitative estimate of drug-likeness (QED) is 0.193. The molecule has 10 heteroatoms. The number of carbonyl (C=O) groups is 1. The van der Waals surface area contributed by atoms with Gasteiger partial charge in [0.2, 0.25) is 0 Å². The Morgan fingerprint density at radius 2 is 1.22 bits per heavy atom. The minimum Gasteiger partial charge on any atom is -0.410 e. The second-order valence-electron chi connectivity index (χ2n) is 12.6. The van der Waals surface area contributed by atoms with Crippen LogP contribution in [0.2, 0.25) is 10.0 Å². The van der Waals surface area contributed by atoms with Gasteiger partial charge in [-0.3, -0.25) is 0 Å². The number of benzene rings is 3. The zero-order valence-electron chi connectivity index (χ0n) is 26.5. The monoisotopic (exact) mass is 646 g/mol. The van der Waals surface area contributed by atoms with E-state index in [0.717, 1.165) is 34.2 Å². The topological polar surface area (TPSA) is 100.0 Å². The first-order valence-electron chi connectivity index (χ1n) is 14.7. The van der Waals surface area contributed by atoms with Gasteiger partial charge in [-0.25, -0.2) is 14.2 Å². The van der Waals surface area contributed by atoms with Gasteiger partial charge in [0.05, 0.1) is 40.7 Å². The van der Waals surface area contributed by atoms with Crippen LogP contribution in [0.3, 0.4) is 0 Å². The third-order valence-corrected chi connectivity index (χ3v) is 7.26. The molecule has 0 spiro atoms. The summed E-state index contributed by atoms with van der Waals surface area (Å²) in [6.07, 6.45) is -0.516. The van der Waals surface area contributed by atoms with Crippen LogP contribution in [0, 0.1) is 0 Å². The van der Waals surface area contributed by atoms with E-state index in [1.165, 1.54) is 0 Å². The fourth-order valence-electron chi connectivity index (χ4n) is 4.30. The van der Waals surface area contributed by atoms with Crippen LogP contribution < -0.4 is 15.8 Å². The molecule has 0 aliphatic rings. The summed E-state index contributed by atoms with van der Waals surface area (Å²) < 4.78 is 8.94. The van der Waals surface area contributed by atoms with E-state index in [-0.39, 0.29) is 17.4 Å². The fourth-order valence-corrected chi connectivity index (χ4v) is 4.67. The first-order chi connectivity index (χ1) is 21.2. The predicted molar refractivity (Wildman–Crippen MR) is 182 cm³/mol. The SMILES string of the molecule is CC(C)(C)c1cc(CN)n(-c2cccc(Cl)c2)n1.CC(C)(C)c1cc(CNC(=O)Oc2ccccc2)n(-c2cccc(Cl)c2)n1. The van der Waals surface area contributed by atoms with Gasteiger partial charge in [-0.05, 0) is 60.7 Å². The molecule has 236 valence electrons. The van der Waals surface area contributed by atoms with E-state index in [2.05, 4.69) is 58.0 Å². The average Bonchev–Trinajstić information content (AvgIpc) is 3.62. The Bertz CT molecular complexity index is 1730. The standard InChI is InChI=1S/C21H22ClN3O2.C14H18ClN3/c1-21(2,3)19-13-17(25(24-19)16-9-7-8-15(22)12-16)14-23-20(26)27-18-10-5-4-6-11-18;1-14(2,3)13-8-12(9-16)18(17-13)11-6-4-5-10(15)7-11/h4-13H,14H2,1-3H3,(H,23,26);4-8H,9,16H2,1-3H3. The number of nitrogens with two attached hydrogens (primary N) is 1. The molecule has 8 nitrogen and oxygen atoms in total. The molecule has 45 heavy (non-hydrogen) atoms. The Morgan fingerprint density at radius 3 is 1.69 bits per heavy atom. The predicted octanol–water partition coefficient (Wildman–Crippen LogP) is 8.39. The van der Waals surface area contributed by atoms with Gasteiger partial charge in [-0.15, -0.1) is 0 Å². The van der Waals surface area contributed by atoms with Crippen LogP contribution in [0.4, 0.5) is 4.79 Å². The summed E-state index contributed by atoms with van der Waals surface area (Å²) in [6, 6.07) is 28.1. The fraction of sp³-hybridized carbons (Fsp3) is 0.286. The number of amides is 1. The Hall–Kier alpha value is -4.11. The molecule has 2 heterocycles. The highest BCUT2D eigenvalue weighted by Crippen LogP contribution is 2.26. The highest BCUT2D eigenvalue weighted by atomic mass is 35.5. The summed E-state index contributed by atoms with van der Waals surface area (Å²) in [5.41, 5.74) is 11.2. The van der Waals surface area contributed by atoms with E-state index in [1.54, 1.807) is 16.8 Å². The highest BCUT2D eigenvalue weighted by molar-refractivity contribution is 6.31. The third kappa shape index (κ3) is 9.20. The van der Waals surface area contributed by atoms with Gasteiger partial charge >= 0.3 is 6.09 Å². The van der Waals surface area contributed by atoms with Crippen molar-refractivity contribution >= 4 is 29.3 Å². The molecule has 2 aromatic heterocycles. The summed E-state index contributed by atoms with van der Waals surface area (Å²) in [6.45, 7) is 13.4. The number of carbonyl (C=O) groups excluding carboxylic acids is 1. The molecule has 1 amide bonds. The number of rotatable bonds is 6. The van der Waals surface area contributed by atoms with Crippen molar-refractivity contribution in [2.24, 2.45) is 5.73 Å². The van der Waals surface area contributed by atoms with E-state index in [0.29, 0.717) is 22.3 Å². The van der Waals surface area contributed by atoms with Crippen LogP contribution >= 0.6 is 23.2 Å². The molecule has 3 N–H and O–H groups in total. The molecule has 0 atom stereocenters. The zero-order chi connectivity index (χ0) is 32.8. The summed E-state index contributed by atoms with van der Waals surface area (Å²) in [5, 5.41) is 13.5. The summed E-state index contributed by atoms with van der Waals surface area (Å²) in [7, 11) is 0. The Morgan fingerprint density at radius 1 is 0.733 bits per heavy atom. The van der Waals surface area contributed by atoms with Crippen molar-refractivity contribution in [1.82, 2.24) is 24.9 Å². The molecule has 0 saturated carbocycles. The lowest BCUT2D eigenvalue weighted by Gasteiger charge is -2.14. The van der Waals surface area contributed by atoms with Gasteiger partial charge in [-0.1, -0.05) is 95.1 Å². The van der Waals surface area contributed by atoms with E-state index < -0.39 is 6.09 Å². The van der Waals surface area contributed by atoms with Crippen molar-refractivity contribution in [2.75, 3.05) is 0 Å². The number of para-hydroxylation sites is 1. The zero-order valence-corrected chi connectivity index (χ0v) is 28.0. The molecule has 0 radical (unpaired) electrons. The molecule has 5 aromatic rings. The molecular formula is C35H40Cl2N6O2. The maximum absolute atomic E-state index is 12.1. The van der Waals surface area contributed by atoms with Crippen molar-refractivity contribution in [3.05, 3.63) is 124 Å². The minimum absolute atomic E-state index is 0.00768. The van der Waals surface area contributed by atoms with Crippen LogP contribution in [-0.4, -0.2) is 25.7 Å². The van der Waals surface area contributed by atoms with Crippen LogP contribution in [0.25, 0.3) is 11.4 Å². The van der Waals surface area contributed by atoms with Crippen molar-refractivity contribution < 1.29 is 9.53 Å². The van der Waals surface area contributed by atoms with Crippen LogP contribution in [0.1, 0.15) is 64.3 Å². The van der Waals surface area contributed by atoms with Crippen molar-refractivity contribution in [2.45, 2.75) is 65.5 Å². The lowest BCUT2D eigenvalue weighted by Crippen LogP contribution is -2.27. The van der Waals surface area contributed by atoms with Crippen LogP contribution in [0.15, 0.2) is 91.0 Å². The number of nitrogens with zero attached hydrogens (tertiary/aromatic N) is 4. The number of aromatic nitrogens is 4. The summed E-state index contributed by atoms with van der Waals surface area (Å²) >= 11 is 12.1. The lowest BCUT2D eigenvalue weighted by atomic mass is 9.92. The second kappa shape index (κ2) is 14.3. The first-order valence-corrected chi connectivity index (χ1v) is 15.4. The molecule has 0 saturated heterocycles. The number of hydrogen-bond acceptors (Lipinski definition) is 5. The van der Waals surface area contributed by atoms with Crippen LogP contribution in [0.5, 0.6) is 5.75 Å². The summed E-state index contributed by atoms with van der Waals surface area (Å²) in [5.74, 6) is 0.494. The van der Waals surface area contributed by atoms with Gasteiger partial charge in [0, 0.05) is 27.4 Å². The van der Waals surface area contributed by atoms with Gasteiger partial charge in [0.15, 0.2) is 0 Å². The van der Waals surface area contributed by atoms with Gasteiger partial charge in [-0.2, -0.15) is 10.2 Å². The molecule has 0 fully saturated rings. The molecule has 3 aromatic carbocycles. The van der Waals surface area contributed by atoms with E-state index in [9.17, 15) is 4.79 Å². The Kier molecular flexibility index (Phi) is 10.8. The second-order valence-corrected chi connectivity index (χ2v) is 13.5. The number of hydrogen-bond donors (Lipinski definition) is 2. The van der Waals surface area contributed by atoms with Crippen molar-refractivity contribution in [3.63, 3.8) is 0 Å². The largest absolute Gasteiger partial charge is 0.412 e. The molecular weight excluding hydrogens is 607 g/mol. The van der Waals surface area contributed by atoms with Gasteiger partial charge < -0.3 is 15.8 Å². The normalized spacial score (nSPS) is 11.5. The first kappa shape index (κ1) is 33.8. The van der Waals surface area contributed by atoms with Gasteiger partial charge in [0.1, 0.15) is 5.75 Å². The maximum atomic E-state index is 12.1. The van der Waals surface area contributed by atoms with Gasteiger partial charge in [0.25, 0.3) is 0 Å². The molecule has 5 rings (SSSR count). The van der Waals surface area contributed by atoms with E-state index in [4.69, 9.17) is 38.8 Å². The Labute approximate surface area is 275 Å². The molecule has 0 bridgehead atoms. The maximum Gasteiger partial charge on any atom is 0.412 e. The van der Waals surface area contributed by atoms with E-state index in [1.807, 2.05) is 77.5 Å². The number of nitrogens with one attached hydrogen (secondary N) is 1. The molecule has 0 aliphatic heterocycles. The number of halogens is 2. The van der Waals surface area contributed by atoms with E-state index >= 15 is 0 Å². The Balaban J connectivity index is 0.000000222. The smallest absolute Gasteiger partial charge is 0.410 e. The third-order valence-electron chi connectivity index (χ3n) is 6.79. The molecule has 0 aliphatic carbocycles. The lowest BCUT2D eigenvalue weighted by molar-refractivity contribution is 0.199. The summed E-state index contributed by atoms with van der Waals surface area (Å²) in [4.78, 5) is 12.1. The minimum atomic E-state index is -0.516. The average molecular weight is 648 g/mol. The highest BCUT2D eigenvalue weighted by Gasteiger charge is 2.22. The number of ether oxygens (including phenoxy) is 1.